The van der Waals surface area contributed by atoms with Crippen LogP contribution in [0.15, 0.2) is 48.5 Å². The quantitative estimate of drug-likeness (QED) is 0.709. The molecular formula is C19H19Cl2N3. The summed E-state index contributed by atoms with van der Waals surface area (Å²) >= 11 is 12.4. The highest BCUT2D eigenvalue weighted by Gasteiger charge is 2.13. The molecule has 0 amide bonds. The van der Waals surface area contributed by atoms with Crippen molar-refractivity contribution in [3.63, 3.8) is 0 Å². The number of nitrogens with one attached hydrogen (secondary N) is 1. The van der Waals surface area contributed by atoms with Crippen LogP contribution in [-0.2, 0) is 13.0 Å². The molecule has 2 aromatic carbocycles. The van der Waals surface area contributed by atoms with Crippen molar-refractivity contribution in [2.24, 2.45) is 0 Å². The van der Waals surface area contributed by atoms with Gasteiger partial charge in [-0.3, -0.25) is 0 Å². The number of aryl methyl sites for hydroxylation is 1. The van der Waals surface area contributed by atoms with Gasteiger partial charge in [0.15, 0.2) is 0 Å². The molecule has 0 saturated heterocycles. The number of rotatable bonds is 5. The summed E-state index contributed by atoms with van der Waals surface area (Å²) in [6, 6.07) is 16.1. The third kappa shape index (κ3) is 3.81. The van der Waals surface area contributed by atoms with E-state index < -0.39 is 0 Å². The molecule has 1 heterocycles. The maximum atomic E-state index is 6.39. The molecule has 124 valence electrons. The maximum absolute atomic E-state index is 6.39. The Hall–Kier alpha value is -1.81. The zero-order valence-corrected chi connectivity index (χ0v) is 15.2. The molecule has 0 aliphatic carbocycles. The van der Waals surface area contributed by atoms with Crippen molar-refractivity contribution in [2.45, 2.75) is 19.9 Å². The fourth-order valence-corrected chi connectivity index (χ4v) is 3.13. The van der Waals surface area contributed by atoms with Gasteiger partial charge >= 0.3 is 0 Å². The van der Waals surface area contributed by atoms with Gasteiger partial charge in [0.05, 0.1) is 16.4 Å². The zero-order valence-electron chi connectivity index (χ0n) is 13.7. The van der Waals surface area contributed by atoms with Gasteiger partial charge < -0.3 is 5.32 Å². The van der Waals surface area contributed by atoms with Gasteiger partial charge in [-0.1, -0.05) is 53.0 Å². The average molecular weight is 360 g/mol. The van der Waals surface area contributed by atoms with Crippen LogP contribution in [0.1, 0.15) is 22.5 Å². The van der Waals surface area contributed by atoms with Gasteiger partial charge in [0.1, 0.15) is 0 Å². The number of hydrogen-bond donors (Lipinski definition) is 1. The van der Waals surface area contributed by atoms with E-state index in [1.807, 2.05) is 23.9 Å². The topological polar surface area (TPSA) is 29.9 Å². The van der Waals surface area contributed by atoms with E-state index in [1.54, 1.807) is 6.07 Å². The molecule has 24 heavy (non-hydrogen) atoms. The van der Waals surface area contributed by atoms with Crippen LogP contribution >= 0.6 is 23.2 Å². The monoisotopic (exact) mass is 359 g/mol. The predicted octanol–water partition coefficient (Wildman–Crippen LogP) is 4.80. The lowest BCUT2D eigenvalue weighted by molar-refractivity contribution is 0.747. The summed E-state index contributed by atoms with van der Waals surface area (Å²) in [5, 5.41) is 9.05. The summed E-state index contributed by atoms with van der Waals surface area (Å²) in [6.45, 7) is 2.80. The molecule has 0 radical (unpaired) electrons. The first kappa shape index (κ1) is 17.0. The Morgan fingerprint density at radius 3 is 2.46 bits per heavy atom. The molecule has 1 aromatic heterocycles. The van der Waals surface area contributed by atoms with Gasteiger partial charge in [0.2, 0.25) is 0 Å². The molecule has 3 rings (SSSR count). The number of halogens is 2. The van der Waals surface area contributed by atoms with Crippen molar-refractivity contribution in [3.8, 4) is 5.69 Å². The van der Waals surface area contributed by atoms with E-state index in [9.17, 15) is 0 Å². The minimum atomic E-state index is 0.590. The summed E-state index contributed by atoms with van der Waals surface area (Å²) < 4.78 is 1.91. The lowest BCUT2D eigenvalue weighted by atomic mass is 10.1. The van der Waals surface area contributed by atoms with Crippen LogP contribution in [0.5, 0.6) is 0 Å². The number of aromatic nitrogens is 2. The van der Waals surface area contributed by atoms with Crippen LogP contribution in [0.4, 0.5) is 0 Å². The van der Waals surface area contributed by atoms with E-state index in [1.165, 1.54) is 11.1 Å². The van der Waals surface area contributed by atoms with E-state index in [0.717, 1.165) is 23.5 Å². The molecule has 0 aliphatic heterocycles. The van der Waals surface area contributed by atoms with E-state index >= 15 is 0 Å². The fraction of sp³-hybridized carbons (Fsp3) is 0.211. The standard InChI is InChI=1S/C19H19Cl2N3/c1-13-3-5-14(6-4-13)9-17-11-16(12-22-2)23-24(17)19-8-7-15(20)10-18(19)21/h3-8,10-11,22H,9,12H2,1-2H3. The van der Waals surface area contributed by atoms with Gasteiger partial charge in [-0.2, -0.15) is 5.10 Å². The lowest BCUT2D eigenvalue weighted by Crippen LogP contribution is -2.07. The third-order valence-electron chi connectivity index (χ3n) is 3.84. The summed E-state index contributed by atoms with van der Waals surface area (Å²) in [7, 11) is 1.91. The van der Waals surface area contributed by atoms with E-state index in [-0.39, 0.29) is 0 Å². The van der Waals surface area contributed by atoms with Gasteiger partial charge in [0, 0.05) is 23.7 Å². The van der Waals surface area contributed by atoms with Crippen LogP contribution in [0.25, 0.3) is 5.69 Å². The second-order valence-corrected chi connectivity index (χ2v) is 6.67. The number of hydrogen-bond acceptors (Lipinski definition) is 2. The molecule has 0 fully saturated rings. The Labute approximate surface area is 152 Å². The summed E-state index contributed by atoms with van der Waals surface area (Å²) in [5.41, 5.74) is 5.40. The molecule has 3 aromatic rings. The molecule has 0 aliphatic rings. The smallest absolute Gasteiger partial charge is 0.0836 e. The van der Waals surface area contributed by atoms with Crippen LogP contribution in [0, 0.1) is 6.92 Å². The molecule has 3 nitrogen and oxygen atoms in total. The SMILES string of the molecule is CNCc1cc(Cc2ccc(C)cc2)n(-c2ccc(Cl)cc2Cl)n1. The number of benzene rings is 2. The van der Waals surface area contributed by atoms with Crippen molar-refractivity contribution in [1.29, 1.82) is 0 Å². The molecule has 0 spiro atoms. The van der Waals surface area contributed by atoms with Crippen molar-refractivity contribution in [2.75, 3.05) is 7.05 Å². The largest absolute Gasteiger partial charge is 0.314 e. The number of nitrogens with zero attached hydrogens (tertiary/aromatic N) is 2. The summed E-state index contributed by atoms with van der Waals surface area (Å²) in [6.07, 6.45) is 0.788. The van der Waals surface area contributed by atoms with Crippen LogP contribution < -0.4 is 5.32 Å². The van der Waals surface area contributed by atoms with Crippen molar-refractivity contribution >= 4 is 23.2 Å². The summed E-state index contributed by atoms with van der Waals surface area (Å²) in [4.78, 5) is 0. The summed E-state index contributed by atoms with van der Waals surface area (Å²) in [5.74, 6) is 0. The lowest BCUT2D eigenvalue weighted by Gasteiger charge is -2.10. The highest BCUT2D eigenvalue weighted by molar-refractivity contribution is 6.35. The Morgan fingerprint density at radius 1 is 1.04 bits per heavy atom. The van der Waals surface area contributed by atoms with Crippen molar-refractivity contribution in [3.05, 3.63) is 81.1 Å². The van der Waals surface area contributed by atoms with E-state index in [4.69, 9.17) is 28.3 Å². The molecule has 5 heteroatoms. The highest BCUT2D eigenvalue weighted by atomic mass is 35.5. The van der Waals surface area contributed by atoms with Crippen LogP contribution in [0.3, 0.4) is 0 Å². The second kappa shape index (κ2) is 7.39. The van der Waals surface area contributed by atoms with Gasteiger partial charge in [-0.05, 0) is 43.8 Å². The molecular weight excluding hydrogens is 341 g/mol. The Kier molecular flexibility index (Phi) is 5.24. The molecule has 0 atom stereocenters. The second-order valence-electron chi connectivity index (χ2n) is 5.83. The van der Waals surface area contributed by atoms with Crippen LogP contribution in [0.2, 0.25) is 10.0 Å². The third-order valence-corrected chi connectivity index (χ3v) is 4.37. The van der Waals surface area contributed by atoms with Crippen molar-refractivity contribution in [1.82, 2.24) is 15.1 Å². The molecule has 0 bridgehead atoms. The fourth-order valence-electron chi connectivity index (χ4n) is 2.65. The van der Waals surface area contributed by atoms with Crippen molar-refractivity contribution < 1.29 is 0 Å². The van der Waals surface area contributed by atoms with E-state index in [0.29, 0.717) is 16.6 Å². The Bertz CT molecular complexity index is 838. The molecule has 1 N–H and O–H groups in total. The first-order valence-electron chi connectivity index (χ1n) is 7.80. The Morgan fingerprint density at radius 2 is 1.79 bits per heavy atom. The normalized spacial score (nSPS) is 11.0. The predicted molar refractivity (Wildman–Crippen MR) is 100 cm³/mol. The minimum absolute atomic E-state index is 0.590. The first-order chi connectivity index (χ1) is 11.6. The zero-order chi connectivity index (χ0) is 17.1. The van der Waals surface area contributed by atoms with E-state index in [2.05, 4.69) is 42.6 Å². The molecule has 0 unspecified atom stereocenters. The maximum Gasteiger partial charge on any atom is 0.0836 e. The van der Waals surface area contributed by atoms with Gasteiger partial charge in [-0.15, -0.1) is 0 Å². The van der Waals surface area contributed by atoms with Gasteiger partial charge in [-0.25, -0.2) is 4.68 Å². The Balaban J connectivity index is 2.02. The van der Waals surface area contributed by atoms with Crippen LogP contribution in [-0.4, -0.2) is 16.8 Å². The van der Waals surface area contributed by atoms with Gasteiger partial charge in [0.25, 0.3) is 0 Å². The highest BCUT2D eigenvalue weighted by Crippen LogP contribution is 2.26. The minimum Gasteiger partial charge on any atom is -0.314 e. The first-order valence-corrected chi connectivity index (χ1v) is 8.56. The average Bonchev–Trinajstić information content (AvgIpc) is 2.92. The molecule has 0 saturated carbocycles.